The monoisotopic (exact) mass is 270 g/mol. The van der Waals surface area contributed by atoms with Gasteiger partial charge in [0.15, 0.2) is 5.78 Å². The van der Waals surface area contributed by atoms with Gasteiger partial charge in [0.25, 0.3) is 0 Å². The molecule has 1 N–H and O–H groups in total. The van der Waals surface area contributed by atoms with Gasteiger partial charge in [0.1, 0.15) is 11.3 Å². The highest BCUT2D eigenvalue weighted by molar-refractivity contribution is 5.96. The van der Waals surface area contributed by atoms with Gasteiger partial charge < -0.3 is 9.84 Å². The normalized spacial score (nSPS) is 10.0. The molecule has 0 atom stereocenters. The molecule has 0 radical (unpaired) electrons. The first-order valence-corrected chi connectivity index (χ1v) is 6.22. The van der Waals surface area contributed by atoms with E-state index in [-0.39, 0.29) is 30.1 Å². The van der Waals surface area contributed by atoms with Gasteiger partial charge in [-0.3, -0.25) is 4.79 Å². The fraction of sp³-hybridized carbons (Fsp3) is 0.125. The van der Waals surface area contributed by atoms with Crippen LogP contribution in [0, 0.1) is 0 Å². The summed E-state index contributed by atoms with van der Waals surface area (Å²) >= 11 is 0. The summed E-state index contributed by atoms with van der Waals surface area (Å²) in [4.78, 5) is 22.9. The summed E-state index contributed by atoms with van der Waals surface area (Å²) in [6.07, 6.45) is 0.206. The van der Waals surface area contributed by atoms with E-state index in [1.54, 1.807) is 42.5 Å². The van der Waals surface area contributed by atoms with Crippen LogP contribution in [0.1, 0.15) is 27.1 Å². The van der Waals surface area contributed by atoms with E-state index in [0.29, 0.717) is 5.56 Å². The molecule has 0 saturated heterocycles. The number of Topliss-reactive ketones (excluding diaryl/α,β-unsaturated/α-hetero) is 1. The van der Waals surface area contributed by atoms with Crippen molar-refractivity contribution in [1.82, 2.24) is 0 Å². The second-order valence-corrected chi connectivity index (χ2v) is 4.19. The first-order valence-electron chi connectivity index (χ1n) is 6.22. The number of carbonyl (C=O) groups excluding carboxylic acids is 1. The van der Waals surface area contributed by atoms with E-state index in [1.807, 2.05) is 6.07 Å². The van der Waals surface area contributed by atoms with Gasteiger partial charge in [0, 0.05) is 12.0 Å². The standard InChI is InChI=1S/C16H14O4/c17-14(12-6-2-1-3-7-12)10-11-20-15-9-5-4-8-13(15)16(18)19/h1-9H,10-11H2,(H,18,19). The van der Waals surface area contributed by atoms with E-state index >= 15 is 0 Å². The largest absolute Gasteiger partial charge is 0.492 e. The summed E-state index contributed by atoms with van der Waals surface area (Å²) < 4.78 is 5.39. The fourth-order valence-electron chi connectivity index (χ4n) is 1.79. The molecule has 0 heterocycles. The Bertz CT molecular complexity index is 605. The molecule has 4 nitrogen and oxygen atoms in total. The molecule has 0 bridgehead atoms. The predicted molar refractivity (Wildman–Crippen MR) is 74.3 cm³/mol. The number of hydrogen-bond acceptors (Lipinski definition) is 3. The van der Waals surface area contributed by atoms with E-state index < -0.39 is 5.97 Å². The van der Waals surface area contributed by atoms with Crippen molar-refractivity contribution < 1.29 is 19.4 Å². The van der Waals surface area contributed by atoms with Crippen LogP contribution in [0.5, 0.6) is 5.75 Å². The number of ketones is 1. The lowest BCUT2D eigenvalue weighted by molar-refractivity contribution is 0.0692. The molecule has 4 heteroatoms. The van der Waals surface area contributed by atoms with E-state index in [2.05, 4.69) is 0 Å². The van der Waals surface area contributed by atoms with E-state index in [0.717, 1.165) is 0 Å². The van der Waals surface area contributed by atoms with Crippen LogP contribution in [0.2, 0.25) is 0 Å². The number of hydrogen-bond donors (Lipinski definition) is 1. The van der Waals surface area contributed by atoms with Gasteiger partial charge in [-0.1, -0.05) is 42.5 Å². The molecular weight excluding hydrogens is 256 g/mol. The van der Waals surface area contributed by atoms with E-state index in [4.69, 9.17) is 9.84 Å². The number of rotatable bonds is 6. The van der Waals surface area contributed by atoms with Crippen molar-refractivity contribution in [2.45, 2.75) is 6.42 Å². The Morgan fingerprint density at radius 3 is 2.30 bits per heavy atom. The summed E-state index contributed by atoms with van der Waals surface area (Å²) in [6.45, 7) is 0.151. The quantitative estimate of drug-likeness (QED) is 0.819. The van der Waals surface area contributed by atoms with Crippen molar-refractivity contribution in [3.63, 3.8) is 0 Å². The molecule has 0 aliphatic carbocycles. The number of carboxylic acid groups (broad SMARTS) is 1. The van der Waals surface area contributed by atoms with Gasteiger partial charge in [-0.15, -0.1) is 0 Å². The van der Waals surface area contributed by atoms with Gasteiger partial charge in [-0.2, -0.15) is 0 Å². The topological polar surface area (TPSA) is 63.6 Å². The number of aromatic carboxylic acids is 1. The third kappa shape index (κ3) is 3.45. The summed E-state index contributed by atoms with van der Waals surface area (Å²) in [6, 6.07) is 15.3. The van der Waals surface area contributed by atoms with Gasteiger partial charge >= 0.3 is 5.97 Å². The molecule has 0 fully saturated rings. The Balaban J connectivity index is 1.94. The highest BCUT2D eigenvalue weighted by Crippen LogP contribution is 2.18. The second kappa shape index (κ2) is 6.52. The number of carbonyl (C=O) groups is 2. The molecule has 2 aromatic carbocycles. The summed E-state index contributed by atoms with van der Waals surface area (Å²) in [5.41, 5.74) is 0.724. The Morgan fingerprint density at radius 1 is 0.950 bits per heavy atom. The maximum absolute atomic E-state index is 11.9. The lowest BCUT2D eigenvalue weighted by Crippen LogP contribution is -2.09. The SMILES string of the molecule is O=C(CCOc1ccccc1C(=O)O)c1ccccc1. The molecule has 0 aromatic heterocycles. The van der Waals surface area contributed by atoms with Crippen molar-refractivity contribution in [3.8, 4) is 5.75 Å². The minimum Gasteiger partial charge on any atom is -0.492 e. The lowest BCUT2D eigenvalue weighted by atomic mass is 10.1. The average molecular weight is 270 g/mol. The first-order chi connectivity index (χ1) is 9.68. The minimum absolute atomic E-state index is 0.0293. The van der Waals surface area contributed by atoms with Gasteiger partial charge in [0.2, 0.25) is 0 Å². The van der Waals surface area contributed by atoms with Crippen LogP contribution in [0.3, 0.4) is 0 Å². The lowest BCUT2D eigenvalue weighted by Gasteiger charge is -2.08. The van der Waals surface area contributed by atoms with Crippen LogP contribution in [-0.2, 0) is 0 Å². The van der Waals surface area contributed by atoms with Gasteiger partial charge in [-0.25, -0.2) is 4.79 Å². The summed E-state index contributed by atoms with van der Waals surface area (Å²) in [7, 11) is 0. The van der Waals surface area contributed by atoms with Crippen LogP contribution >= 0.6 is 0 Å². The molecule has 0 unspecified atom stereocenters. The van der Waals surface area contributed by atoms with Crippen molar-refractivity contribution in [1.29, 1.82) is 0 Å². The van der Waals surface area contributed by atoms with E-state index in [9.17, 15) is 9.59 Å². The molecule has 0 spiro atoms. The van der Waals surface area contributed by atoms with Crippen molar-refractivity contribution in [2.24, 2.45) is 0 Å². The molecule has 102 valence electrons. The number of benzene rings is 2. The molecule has 0 aliphatic heterocycles. The molecular formula is C16H14O4. The minimum atomic E-state index is -1.05. The summed E-state index contributed by atoms with van der Waals surface area (Å²) in [5.74, 6) is -0.797. The highest BCUT2D eigenvalue weighted by Gasteiger charge is 2.11. The Labute approximate surface area is 116 Å². The third-order valence-corrected chi connectivity index (χ3v) is 2.80. The fourth-order valence-corrected chi connectivity index (χ4v) is 1.79. The average Bonchev–Trinajstić information content (AvgIpc) is 2.48. The maximum atomic E-state index is 11.9. The Morgan fingerprint density at radius 2 is 1.60 bits per heavy atom. The highest BCUT2D eigenvalue weighted by atomic mass is 16.5. The molecule has 2 rings (SSSR count). The van der Waals surface area contributed by atoms with Crippen LogP contribution in [0.4, 0.5) is 0 Å². The van der Waals surface area contributed by atoms with Gasteiger partial charge in [0.05, 0.1) is 6.61 Å². The zero-order chi connectivity index (χ0) is 14.4. The Kier molecular flexibility index (Phi) is 4.50. The number of para-hydroxylation sites is 1. The zero-order valence-electron chi connectivity index (χ0n) is 10.8. The van der Waals surface area contributed by atoms with Crippen molar-refractivity contribution in [3.05, 3.63) is 65.7 Å². The Hall–Kier alpha value is -2.62. The van der Waals surface area contributed by atoms with Crippen molar-refractivity contribution >= 4 is 11.8 Å². The first kappa shape index (κ1) is 13.8. The number of ether oxygens (including phenoxy) is 1. The molecule has 2 aromatic rings. The van der Waals surface area contributed by atoms with Crippen LogP contribution in [-0.4, -0.2) is 23.5 Å². The molecule has 0 amide bonds. The van der Waals surface area contributed by atoms with Crippen molar-refractivity contribution in [2.75, 3.05) is 6.61 Å². The predicted octanol–water partition coefficient (Wildman–Crippen LogP) is 3.04. The maximum Gasteiger partial charge on any atom is 0.339 e. The molecule has 20 heavy (non-hydrogen) atoms. The molecule has 0 aliphatic rings. The number of carboxylic acids is 1. The smallest absolute Gasteiger partial charge is 0.339 e. The van der Waals surface area contributed by atoms with Crippen LogP contribution < -0.4 is 4.74 Å². The third-order valence-electron chi connectivity index (χ3n) is 2.80. The summed E-state index contributed by atoms with van der Waals surface area (Å²) in [5, 5.41) is 9.01. The second-order valence-electron chi connectivity index (χ2n) is 4.19. The molecule has 0 saturated carbocycles. The van der Waals surface area contributed by atoms with E-state index in [1.165, 1.54) is 6.07 Å². The van der Waals surface area contributed by atoms with Gasteiger partial charge in [-0.05, 0) is 12.1 Å². The zero-order valence-corrected chi connectivity index (χ0v) is 10.8. The van der Waals surface area contributed by atoms with Crippen LogP contribution in [0.15, 0.2) is 54.6 Å². The van der Waals surface area contributed by atoms with Crippen LogP contribution in [0.25, 0.3) is 0 Å².